The summed E-state index contributed by atoms with van der Waals surface area (Å²) in [6.07, 6.45) is 3.12. The second-order valence-corrected chi connectivity index (χ2v) is 5.86. The van der Waals surface area contributed by atoms with Gasteiger partial charge in [-0.2, -0.15) is 0 Å². The number of halogens is 2. The van der Waals surface area contributed by atoms with Gasteiger partial charge in [-0.1, -0.05) is 65.7 Å². The highest BCUT2D eigenvalue weighted by Gasteiger charge is 2.03. The lowest BCUT2D eigenvalue weighted by Crippen LogP contribution is -2.08. The predicted molar refractivity (Wildman–Crippen MR) is 98.1 cm³/mol. The van der Waals surface area contributed by atoms with Gasteiger partial charge >= 0.3 is 0 Å². The Morgan fingerprint density at radius 3 is 2.57 bits per heavy atom. The lowest BCUT2D eigenvalue weighted by molar-refractivity contribution is -0.111. The Bertz CT molecular complexity index is 898. The van der Waals surface area contributed by atoms with Crippen LogP contribution in [0.25, 0.3) is 16.8 Å². The molecule has 2 nitrogen and oxygen atoms in total. The molecule has 0 aliphatic heterocycles. The van der Waals surface area contributed by atoms with E-state index in [9.17, 15) is 4.79 Å². The fourth-order valence-corrected chi connectivity index (χ4v) is 2.78. The van der Waals surface area contributed by atoms with Crippen LogP contribution in [-0.2, 0) is 4.79 Å². The zero-order valence-corrected chi connectivity index (χ0v) is 13.6. The molecule has 3 rings (SSSR count). The number of amides is 1. The number of rotatable bonds is 3. The summed E-state index contributed by atoms with van der Waals surface area (Å²) in [7, 11) is 0. The van der Waals surface area contributed by atoms with Crippen molar-refractivity contribution in [2.45, 2.75) is 0 Å². The van der Waals surface area contributed by atoms with Gasteiger partial charge in [-0.25, -0.2) is 0 Å². The zero-order valence-electron chi connectivity index (χ0n) is 12.1. The number of nitrogens with one attached hydrogen (secondary N) is 1. The van der Waals surface area contributed by atoms with Crippen LogP contribution in [0.1, 0.15) is 5.56 Å². The molecule has 114 valence electrons. The van der Waals surface area contributed by atoms with Gasteiger partial charge in [-0.15, -0.1) is 0 Å². The van der Waals surface area contributed by atoms with Gasteiger partial charge in [-0.3, -0.25) is 4.79 Å². The average Bonchev–Trinajstić information content (AvgIpc) is 2.54. The molecule has 1 amide bonds. The minimum Gasteiger partial charge on any atom is -0.322 e. The SMILES string of the molecule is O=C(/C=C/c1ccc(Cl)cc1Cl)Nc1cccc2ccccc12. The van der Waals surface area contributed by atoms with Crippen LogP contribution in [0.15, 0.2) is 66.7 Å². The third-order valence-corrected chi connectivity index (χ3v) is 3.99. The van der Waals surface area contributed by atoms with E-state index in [-0.39, 0.29) is 5.91 Å². The van der Waals surface area contributed by atoms with E-state index in [0.717, 1.165) is 22.0 Å². The Balaban J connectivity index is 1.80. The number of fused-ring (bicyclic) bond motifs is 1. The molecule has 0 saturated heterocycles. The highest BCUT2D eigenvalue weighted by molar-refractivity contribution is 6.35. The summed E-state index contributed by atoms with van der Waals surface area (Å²) in [5.74, 6) is -0.215. The predicted octanol–water partition coefficient (Wildman–Crippen LogP) is 5.80. The molecule has 0 aromatic heterocycles. The van der Waals surface area contributed by atoms with Crippen molar-refractivity contribution in [3.05, 3.63) is 82.3 Å². The van der Waals surface area contributed by atoms with Crippen molar-refractivity contribution in [2.75, 3.05) is 5.32 Å². The molecule has 3 aromatic rings. The normalized spacial score (nSPS) is 11.0. The van der Waals surface area contributed by atoms with E-state index in [4.69, 9.17) is 23.2 Å². The second-order valence-electron chi connectivity index (χ2n) is 5.02. The van der Waals surface area contributed by atoms with Crippen LogP contribution < -0.4 is 5.32 Å². The molecule has 23 heavy (non-hydrogen) atoms. The Morgan fingerprint density at radius 1 is 0.957 bits per heavy atom. The summed E-state index contributed by atoms with van der Waals surface area (Å²) in [6, 6.07) is 18.8. The first kappa shape index (κ1) is 15.6. The molecule has 0 unspecified atom stereocenters. The van der Waals surface area contributed by atoms with Crippen LogP contribution in [0.3, 0.4) is 0 Å². The smallest absolute Gasteiger partial charge is 0.248 e. The van der Waals surface area contributed by atoms with Crippen molar-refractivity contribution < 1.29 is 4.79 Å². The fourth-order valence-electron chi connectivity index (χ4n) is 2.31. The number of benzene rings is 3. The molecule has 0 radical (unpaired) electrons. The van der Waals surface area contributed by atoms with E-state index in [1.54, 1.807) is 24.3 Å². The third-order valence-electron chi connectivity index (χ3n) is 3.42. The Hall–Kier alpha value is -2.29. The van der Waals surface area contributed by atoms with Gasteiger partial charge in [-0.05, 0) is 35.2 Å². The van der Waals surface area contributed by atoms with Crippen LogP contribution >= 0.6 is 23.2 Å². The summed E-state index contributed by atoms with van der Waals surface area (Å²) < 4.78 is 0. The number of anilines is 1. The van der Waals surface area contributed by atoms with E-state index in [0.29, 0.717) is 10.0 Å². The van der Waals surface area contributed by atoms with Gasteiger partial charge in [0, 0.05) is 27.2 Å². The molecule has 3 aromatic carbocycles. The average molecular weight is 342 g/mol. The van der Waals surface area contributed by atoms with Gasteiger partial charge in [0.1, 0.15) is 0 Å². The zero-order chi connectivity index (χ0) is 16.2. The molecule has 0 aliphatic rings. The molecule has 0 bridgehead atoms. The third kappa shape index (κ3) is 3.73. The Morgan fingerprint density at radius 2 is 1.74 bits per heavy atom. The standard InChI is InChI=1S/C19H13Cl2NO/c20-15-10-8-14(17(21)12-15)9-11-19(23)22-18-7-3-5-13-4-1-2-6-16(13)18/h1-12H,(H,22,23)/b11-9+. The van der Waals surface area contributed by atoms with Crippen molar-refractivity contribution >= 4 is 51.6 Å². The van der Waals surface area contributed by atoms with E-state index in [2.05, 4.69) is 5.32 Å². The number of carbonyl (C=O) groups is 1. The fraction of sp³-hybridized carbons (Fsp3) is 0. The highest BCUT2D eigenvalue weighted by Crippen LogP contribution is 2.24. The van der Waals surface area contributed by atoms with Gasteiger partial charge in [0.15, 0.2) is 0 Å². The van der Waals surface area contributed by atoms with E-state index < -0.39 is 0 Å². The van der Waals surface area contributed by atoms with Crippen LogP contribution in [0.2, 0.25) is 10.0 Å². The summed E-state index contributed by atoms with van der Waals surface area (Å²) in [6.45, 7) is 0. The molecule has 0 saturated carbocycles. The van der Waals surface area contributed by atoms with Crippen LogP contribution in [0.4, 0.5) is 5.69 Å². The van der Waals surface area contributed by atoms with E-state index in [1.165, 1.54) is 6.08 Å². The summed E-state index contributed by atoms with van der Waals surface area (Å²) in [5, 5.41) is 6.04. The first-order valence-electron chi connectivity index (χ1n) is 7.05. The summed E-state index contributed by atoms with van der Waals surface area (Å²) >= 11 is 11.9. The minimum absolute atomic E-state index is 0.215. The second kappa shape index (κ2) is 6.86. The van der Waals surface area contributed by atoms with Crippen molar-refractivity contribution in [1.29, 1.82) is 0 Å². The number of hydrogen-bond acceptors (Lipinski definition) is 1. The maximum absolute atomic E-state index is 12.1. The lowest BCUT2D eigenvalue weighted by atomic mass is 10.1. The number of hydrogen-bond donors (Lipinski definition) is 1. The van der Waals surface area contributed by atoms with E-state index in [1.807, 2.05) is 42.5 Å². The number of carbonyl (C=O) groups excluding carboxylic acids is 1. The Kier molecular flexibility index (Phi) is 4.65. The van der Waals surface area contributed by atoms with Crippen LogP contribution in [-0.4, -0.2) is 5.91 Å². The van der Waals surface area contributed by atoms with Gasteiger partial charge in [0.25, 0.3) is 0 Å². The lowest BCUT2D eigenvalue weighted by Gasteiger charge is -2.06. The molecule has 0 aliphatic carbocycles. The summed E-state index contributed by atoms with van der Waals surface area (Å²) in [4.78, 5) is 12.1. The first-order valence-corrected chi connectivity index (χ1v) is 7.81. The van der Waals surface area contributed by atoms with Crippen molar-refractivity contribution in [3.63, 3.8) is 0 Å². The van der Waals surface area contributed by atoms with Gasteiger partial charge < -0.3 is 5.32 Å². The molecular formula is C19H13Cl2NO. The maximum atomic E-state index is 12.1. The molecule has 0 fully saturated rings. The largest absolute Gasteiger partial charge is 0.322 e. The quantitative estimate of drug-likeness (QED) is 0.599. The van der Waals surface area contributed by atoms with Crippen molar-refractivity contribution in [2.24, 2.45) is 0 Å². The molecule has 4 heteroatoms. The van der Waals surface area contributed by atoms with Gasteiger partial charge in [0.05, 0.1) is 0 Å². The molecule has 1 N–H and O–H groups in total. The highest BCUT2D eigenvalue weighted by atomic mass is 35.5. The molecule has 0 atom stereocenters. The summed E-state index contributed by atoms with van der Waals surface area (Å²) in [5.41, 5.74) is 1.52. The van der Waals surface area contributed by atoms with Crippen molar-refractivity contribution in [3.8, 4) is 0 Å². The maximum Gasteiger partial charge on any atom is 0.248 e. The minimum atomic E-state index is -0.215. The monoisotopic (exact) mass is 341 g/mol. The first-order chi connectivity index (χ1) is 11.1. The van der Waals surface area contributed by atoms with Crippen LogP contribution in [0.5, 0.6) is 0 Å². The van der Waals surface area contributed by atoms with E-state index >= 15 is 0 Å². The van der Waals surface area contributed by atoms with Crippen molar-refractivity contribution in [1.82, 2.24) is 0 Å². The molecule has 0 spiro atoms. The van der Waals surface area contributed by atoms with Gasteiger partial charge in [0.2, 0.25) is 5.91 Å². The molecular weight excluding hydrogens is 329 g/mol. The van der Waals surface area contributed by atoms with Crippen LogP contribution in [0, 0.1) is 0 Å². The molecule has 0 heterocycles. The topological polar surface area (TPSA) is 29.1 Å². The Labute approximate surface area is 144 Å².